The fourth-order valence-electron chi connectivity index (χ4n) is 1.60. The fraction of sp³-hybridized carbons (Fsp3) is 0.357. The smallest absolute Gasteiger partial charge is 0.249 e. The topological polar surface area (TPSA) is 62.7 Å². The van der Waals surface area contributed by atoms with Gasteiger partial charge < -0.3 is 10.6 Å². The van der Waals surface area contributed by atoms with Crippen molar-refractivity contribution in [2.45, 2.75) is 26.7 Å². The fourth-order valence-corrected chi connectivity index (χ4v) is 1.60. The summed E-state index contributed by atoms with van der Waals surface area (Å²) in [5.74, 6) is 1.25. The van der Waals surface area contributed by atoms with Crippen molar-refractivity contribution in [3.63, 3.8) is 0 Å². The maximum atomic E-state index is 4.37. The molecule has 0 aliphatic carbocycles. The standard InChI is InChI=1S/C14H19N5/c1-3-4-9-15-13-10-16-19-14(18-13)17-12-7-5-11(2)6-8-12/h5-8,10H,3-4,9H2,1-2H3,(H2,15,17,18,19). The summed E-state index contributed by atoms with van der Waals surface area (Å²) >= 11 is 0. The number of benzene rings is 1. The minimum atomic E-state index is 0.505. The van der Waals surface area contributed by atoms with Crippen LogP contribution in [-0.4, -0.2) is 21.7 Å². The molecule has 0 amide bonds. The van der Waals surface area contributed by atoms with Crippen LogP contribution in [0, 0.1) is 6.92 Å². The average molecular weight is 257 g/mol. The van der Waals surface area contributed by atoms with Gasteiger partial charge in [0.15, 0.2) is 5.82 Å². The Morgan fingerprint density at radius 1 is 1.16 bits per heavy atom. The molecule has 0 saturated heterocycles. The molecule has 2 aromatic rings. The van der Waals surface area contributed by atoms with Crippen LogP contribution in [0.3, 0.4) is 0 Å². The maximum Gasteiger partial charge on any atom is 0.249 e. The number of hydrogen-bond acceptors (Lipinski definition) is 5. The third-order valence-corrected chi connectivity index (χ3v) is 2.70. The van der Waals surface area contributed by atoms with E-state index in [4.69, 9.17) is 0 Å². The SMILES string of the molecule is CCCCNc1cnnc(Nc2ccc(C)cc2)n1. The van der Waals surface area contributed by atoms with Crippen molar-refractivity contribution >= 4 is 17.5 Å². The summed E-state index contributed by atoms with van der Waals surface area (Å²) in [6.07, 6.45) is 3.90. The molecule has 19 heavy (non-hydrogen) atoms. The molecule has 1 heterocycles. The Kier molecular flexibility index (Phi) is 4.66. The zero-order chi connectivity index (χ0) is 13.5. The quantitative estimate of drug-likeness (QED) is 0.778. The van der Waals surface area contributed by atoms with Gasteiger partial charge >= 0.3 is 0 Å². The summed E-state index contributed by atoms with van der Waals surface area (Å²) < 4.78 is 0. The molecule has 0 bridgehead atoms. The molecule has 0 aliphatic rings. The number of aryl methyl sites for hydroxylation is 1. The van der Waals surface area contributed by atoms with E-state index in [0.717, 1.165) is 30.9 Å². The van der Waals surface area contributed by atoms with E-state index in [0.29, 0.717) is 5.95 Å². The maximum absolute atomic E-state index is 4.37. The summed E-state index contributed by atoms with van der Waals surface area (Å²) in [5, 5.41) is 14.3. The van der Waals surface area contributed by atoms with Gasteiger partial charge in [-0.1, -0.05) is 31.0 Å². The number of nitrogens with zero attached hydrogens (tertiary/aromatic N) is 3. The Labute approximate surface area is 113 Å². The van der Waals surface area contributed by atoms with E-state index in [1.807, 2.05) is 24.3 Å². The Balaban J connectivity index is 2.00. The summed E-state index contributed by atoms with van der Waals surface area (Å²) in [4.78, 5) is 4.37. The summed E-state index contributed by atoms with van der Waals surface area (Å²) in [6, 6.07) is 8.07. The van der Waals surface area contributed by atoms with Gasteiger partial charge in [-0.3, -0.25) is 0 Å². The largest absolute Gasteiger partial charge is 0.369 e. The van der Waals surface area contributed by atoms with Crippen LogP contribution in [0.15, 0.2) is 30.5 Å². The van der Waals surface area contributed by atoms with E-state index in [9.17, 15) is 0 Å². The average Bonchev–Trinajstić information content (AvgIpc) is 2.42. The molecule has 5 nitrogen and oxygen atoms in total. The molecular weight excluding hydrogens is 238 g/mol. The lowest BCUT2D eigenvalue weighted by Gasteiger charge is -2.07. The molecule has 0 fully saturated rings. The zero-order valence-electron chi connectivity index (χ0n) is 11.3. The lowest BCUT2D eigenvalue weighted by Crippen LogP contribution is -2.06. The first-order valence-corrected chi connectivity index (χ1v) is 6.55. The highest BCUT2D eigenvalue weighted by atomic mass is 15.3. The highest BCUT2D eigenvalue weighted by Crippen LogP contribution is 2.14. The van der Waals surface area contributed by atoms with E-state index in [-0.39, 0.29) is 0 Å². The Morgan fingerprint density at radius 3 is 2.68 bits per heavy atom. The second-order valence-corrected chi connectivity index (χ2v) is 4.44. The summed E-state index contributed by atoms with van der Waals surface area (Å²) in [5.41, 5.74) is 2.18. The molecule has 100 valence electrons. The minimum absolute atomic E-state index is 0.505. The molecule has 5 heteroatoms. The van der Waals surface area contributed by atoms with Crippen LogP contribution < -0.4 is 10.6 Å². The molecule has 0 radical (unpaired) electrons. The van der Waals surface area contributed by atoms with Gasteiger partial charge in [-0.2, -0.15) is 10.1 Å². The van der Waals surface area contributed by atoms with E-state index < -0.39 is 0 Å². The first kappa shape index (κ1) is 13.3. The number of nitrogens with one attached hydrogen (secondary N) is 2. The summed E-state index contributed by atoms with van der Waals surface area (Å²) in [6.45, 7) is 5.11. The molecule has 2 rings (SSSR count). The zero-order valence-corrected chi connectivity index (χ0v) is 11.3. The molecule has 0 saturated carbocycles. The van der Waals surface area contributed by atoms with Gasteiger partial charge in [-0.15, -0.1) is 5.10 Å². The van der Waals surface area contributed by atoms with Crippen LogP contribution in [0.4, 0.5) is 17.5 Å². The normalized spacial score (nSPS) is 10.2. The number of hydrogen-bond donors (Lipinski definition) is 2. The van der Waals surface area contributed by atoms with Gasteiger partial charge in [0.25, 0.3) is 0 Å². The molecule has 0 aliphatic heterocycles. The van der Waals surface area contributed by atoms with Crippen molar-refractivity contribution in [1.82, 2.24) is 15.2 Å². The van der Waals surface area contributed by atoms with Crippen LogP contribution in [0.2, 0.25) is 0 Å². The Bertz CT molecular complexity index is 509. The van der Waals surface area contributed by atoms with Crippen molar-refractivity contribution in [3.8, 4) is 0 Å². The van der Waals surface area contributed by atoms with Crippen molar-refractivity contribution < 1.29 is 0 Å². The van der Waals surface area contributed by atoms with Crippen LogP contribution in [0.25, 0.3) is 0 Å². The van der Waals surface area contributed by atoms with Crippen molar-refractivity contribution in [2.75, 3.05) is 17.2 Å². The second-order valence-electron chi connectivity index (χ2n) is 4.44. The molecule has 1 aromatic carbocycles. The van der Waals surface area contributed by atoms with Crippen molar-refractivity contribution in [2.24, 2.45) is 0 Å². The van der Waals surface area contributed by atoms with Crippen molar-refractivity contribution in [3.05, 3.63) is 36.0 Å². The van der Waals surface area contributed by atoms with E-state index in [2.05, 4.69) is 39.7 Å². The lowest BCUT2D eigenvalue weighted by atomic mass is 10.2. The van der Waals surface area contributed by atoms with Crippen LogP contribution >= 0.6 is 0 Å². The van der Waals surface area contributed by atoms with E-state index in [1.54, 1.807) is 6.20 Å². The first-order chi connectivity index (χ1) is 9.28. The van der Waals surface area contributed by atoms with Gasteiger partial charge in [0, 0.05) is 12.2 Å². The Morgan fingerprint density at radius 2 is 1.95 bits per heavy atom. The number of aromatic nitrogens is 3. The third kappa shape index (κ3) is 4.21. The predicted molar refractivity (Wildman–Crippen MR) is 77.7 cm³/mol. The van der Waals surface area contributed by atoms with Crippen LogP contribution in [0.5, 0.6) is 0 Å². The van der Waals surface area contributed by atoms with Gasteiger partial charge in [-0.25, -0.2) is 0 Å². The van der Waals surface area contributed by atoms with Crippen molar-refractivity contribution in [1.29, 1.82) is 0 Å². The van der Waals surface area contributed by atoms with Gasteiger partial charge in [0.2, 0.25) is 5.95 Å². The molecule has 1 aromatic heterocycles. The number of unbranched alkanes of at least 4 members (excludes halogenated alkanes) is 1. The minimum Gasteiger partial charge on any atom is -0.369 e. The summed E-state index contributed by atoms with van der Waals surface area (Å²) in [7, 11) is 0. The lowest BCUT2D eigenvalue weighted by molar-refractivity contribution is 0.827. The second kappa shape index (κ2) is 6.68. The highest BCUT2D eigenvalue weighted by Gasteiger charge is 2.00. The van der Waals surface area contributed by atoms with Gasteiger partial charge in [0.1, 0.15) is 0 Å². The molecule has 0 spiro atoms. The van der Waals surface area contributed by atoms with E-state index in [1.165, 1.54) is 5.56 Å². The monoisotopic (exact) mass is 257 g/mol. The van der Waals surface area contributed by atoms with Crippen LogP contribution in [0.1, 0.15) is 25.3 Å². The molecule has 0 atom stereocenters. The van der Waals surface area contributed by atoms with E-state index >= 15 is 0 Å². The molecule has 0 unspecified atom stereocenters. The predicted octanol–water partition coefficient (Wildman–Crippen LogP) is 3.14. The number of anilines is 3. The third-order valence-electron chi connectivity index (χ3n) is 2.70. The molecule has 2 N–H and O–H groups in total. The van der Waals surface area contributed by atoms with Crippen LogP contribution in [-0.2, 0) is 0 Å². The first-order valence-electron chi connectivity index (χ1n) is 6.55. The molecular formula is C14H19N5. The number of rotatable bonds is 6. The van der Waals surface area contributed by atoms with Gasteiger partial charge in [0.05, 0.1) is 6.20 Å². The highest BCUT2D eigenvalue weighted by molar-refractivity contribution is 5.54. The Hall–Kier alpha value is -2.17. The van der Waals surface area contributed by atoms with Gasteiger partial charge in [-0.05, 0) is 25.5 Å².